The fourth-order valence-electron chi connectivity index (χ4n) is 2.80. The molecular weight excluding hydrogens is 224 g/mol. The maximum absolute atomic E-state index is 9.10. The molecule has 0 aromatic heterocycles. The van der Waals surface area contributed by atoms with Crippen LogP contribution in [-0.4, -0.2) is 41.8 Å². The topological polar surface area (TPSA) is 49.5 Å². The normalized spacial score (nSPS) is 25.7. The summed E-state index contributed by atoms with van der Waals surface area (Å²) in [4.78, 5) is 2.61. The highest BCUT2D eigenvalue weighted by molar-refractivity contribution is 4.77. The van der Waals surface area contributed by atoms with Crippen LogP contribution in [0.25, 0.3) is 0 Å². The molecule has 3 heteroatoms. The van der Waals surface area contributed by atoms with Crippen LogP contribution in [0.5, 0.6) is 0 Å². The maximum Gasteiger partial charge on any atom is 0.0608 e. The van der Waals surface area contributed by atoms with Gasteiger partial charge in [-0.1, -0.05) is 19.8 Å². The van der Waals surface area contributed by atoms with Gasteiger partial charge in [0.2, 0.25) is 0 Å². The Balaban J connectivity index is 2.12. The molecule has 1 rings (SSSR count). The van der Waals surface area contributed by atoms with Crippen LogP contribution in [0.1, 0.15) is 58.8 Å². The highest BCUT2D eigenvalue weighted by Crippen LogP contribution is 2.20. The van der Waals surface area contributed by atoms with Gasteiger partial charge in [-0.3, -0.25) is 0 Å². The smallest absolute Gasteiger partial charge is 0.0608 e. The van der Waals surface area contributed by atoms with Gasteiger partial charge in [-0.2, -0.15) is 0 Å². The quantitative estimate of drug-likeness (QED) is 0.688. The molecular formula is C15H32N2O. The first-order valence-corrected chi connectivity index (χ1v) is 7.69. The molecule has 0 aromatic carbocycles. The number of aliphatic hydroxyl groups excluding tert-OH is 1. The van der Waals surface area contributed by atoms with Crippen molar-refractivity contribution < 1.29 is 5.11 Å². The lowest BCUT2D eigenvalue weighted by Gasteiger charge is -2.23. The van der Waals surface area contributed by atoms with Gasteiger partial charge < -0.3 is 15.7 Å². The van der Waals surface area contributed by atoms with Crippen LogP contribution in [0, 0.1) is 5.92 Å². The summed E-state index contributed by atoms with van der Waals surface area (Å²) >= 11 is 0. The van der Waals surface area contributed by atoms with Gasteiger partial charge in [0.05, 0.1) is 6.61 Å². The van der Waals surface area contributed by atoms with Crippen LogP contribution in [0.4, 0.5) is 0 Å². The fourth-order valence-corrected chi connectivity index (χ4v) is 2.80. The van der Waals surface area contributed by atoms with Crippen molar-refractivity contribution in [2.75, 3.05) is 26.2 Å². The number of rotatable bonds is 7. The third kappa shape index (κ3) is 6.17. The average molecular weight is 256 g/mol. The summed E-state index contributed by atoms with van der Waals surface area (Å²) in [6.45, 7) is 8.10. The van der Waals surface area contributed by atoms with Crippen molar-refractivity contribution in [1.82, 2.24) is 4.90 Å². The summed E-state index contributed by atoms with van der Waals surface area (Å²) in [7, 11) is 0. The molecule has 3 nitrogen and oxygen atoms in total. The zero-order valence-corrected chi connectivity index (χ0v) is 12.3. The molecule has 1 fully saturated rings. The molecule has 0 aliphatic carbocycles. The molecule has 1 saturated heterocycles. The second-order valence-corrected chi connectivity index (χ2v) is 6.32. The third-order valence-corrected chi connectivity index (χ3v) is 4.35. The molecule has 0 spiro atoms. The van der Waals surface area contributed by atoms with E-state index in [2.05, 4.69) is 11.8 Å². The second-order valence-electron chi connectivity index (χ2n) is 6.32. The van der Waals surface area contributed by atoms with Gasteiger partial charge in [-0.15, -0.1) is 0 Å². The summed E-state index contributed by atoms with van der Waals surface area (Å²) in [5.41, 5.74) is 5.55. The molecule has 0 saturated carbocycles. The molecule has 0 aromatic rings. The first kappa shape index (κ1) is 15.9. The molecule has 3 N–H and O–H groups in total. The van der Waals surface area contributed by atoms with Crippen LogP contribution < -0.4 is 5.73 Å². The van der Waals surface area contributed by atoms with Crippen LogP contribution in [0.15, 0.2) is 0 Å². The summed E-state index contributed by atoms with van der Waals surface area (Å²) < 4.78 is 0. The summed E-state index contributed by atoms with van der Waals surface area (Å²) in [5.74, 6) is 0.955. The van der Waals surface area contributed by atoms with Crippen molar-refractivity contribution in [3.63, 3.8) is 0 Å². The second kappa shape index (κ2) is 8.13. The van der Waals surface area contributed by atoms with Crippen molar-refractivity contribution in [3.8, 4) is 0 Å². The molecule has 1 aliphatic rings. The van der Waals surface area contributed by atoms with E-state index in [-0.39, 0.29) is 12.1 Å². The van der Waals surface area contributed by atoms with E-state index in [9.17, 15) is 0 Å². The molecule has 1 aliphatic heterocycles. The van der Waals surface area contributed by atoms with Crippen molar-refractivity contribution in [2.24, 2.45) is 11.7 Å². The van der Waals surface area contributed by atoms with E-state index >= 15 is 0 Å². The van der Waals surface area contributed by atoms with Crippen molar-refractivity contribution >= 4 is 0 Å². The molecule has 0 radical (unpaired) electrons. The summed E-state index contributed by atoms with van der Waals surface area (Å²) in [6, 6.07) is 0. The van der Waals surface area contributed by atoms with Crippen molar-refractivity contribution in [3.05, 3.63) is 0 Å². The molecule has 2 unspecified atom stereocenters. The lowest BCUT2D eigenvalue weighted by molar-refractivity contribution is 0.194. The lowest BCUT2D eigenvalue weighted by atomic mass is 9.97. The molecule has 18 heavy (non-hydrogen) atoms. The van der Waals surface area contributed by atoms with E-state index in [0.717, 1.165) is 18.8 Å². The minimum Gasteiger partial charge on any atom is -0.394 e. The predicted octanol–water partition coefficient (Wildman–Crippen LogP) is 2.38. The van der Waals surface area contributed by atoms with Gasteiger partial charge in [-0.25, -0.2) is 0 Å². The number of unbranched alkanes of at least 4 members (excludes halogenated alkanes) is 1. The van der Waals surface area contributed by atoms with Gasteiger partial charge in [0.15, 0.2) is 0 Å². The number of hydrogen-bond donors (Lipinski definition) is 2. The SMILES string of the molecule is CCC1CCCN(CCCCC(C)(N)CO)CC1. The van der Waals surface area contributed by atoms with Crippen LogP contribution >= 0.6 is 0 Å². The third-order valence-electron chi connectivity index (χ3n) is 4.35. The summed E-state index contributed by atoms with van der Waals surface area (Å²) in [5, 5.41) is 9.10. The molecule has 1 heterocycles. The first-order chi connectivity index (χ1) is 8.57. The maximum atomic E-state index is 9.10. The highest BCUT2D eigenvalue weighted by Gasteiger charge is 2.17. The Labute approximate surface area is 113 Å². The van der Waals surface area contributed by atoms with Crippen molar-refractivity contribution in [1.29, 1.82) is 0 Å². The molecule has 0 bridgehead atoms. The minimum atomic E-state index is -0.383. The Hall–Kier alpha value is -0.120. The Bertz CT molecular complexity index is 219. The zero-order chi connectivity index (χ0) is 13.4. The van der Waals surface area contributed by atoms with Gasteiger partial charge in [-0.05, 0) is 64.6 Å². The standard InChI is InChI=1S/C15H32N2O/c1-3-14-7-6-11-17(12-8-14)10-5-4-9-15(2,16)13-18/h14,18H,3-13,16H2,1-2H3. The van der Waals surface area contributed by atoms with Crippen LogP contribution in [0.3, 0.4) is 0 Å². The monoisotopic (exact) mass is 256 g/mol. The first-order valence-electron chi connectivity index (χ1n) is 7.69. The highest BCUT2D eigenvalue weighted by atomic mass is 16.3. The Morgan fingerprint density at radius 3 is 2.72 bits per heavy atom. The number of likely N-dealkylation sites (tertiary alicyclic amines) is 1. The number of aliphatic hydroxyl groups is 1. The number of nitrogens with two attached hydrogens (primary N) is 1. The fraction of sp³-hybridized carbons (Fsp3) is 1.00. The summed E-state index contributed by atoms with van der Waals surface area (Å²) in [6.07, 6.45) is 8.76. The van der Waals surface area contributed by atoms with E-state index < -0.39 is 0 Å². The van der Waals surface area contributed by atoms with Crippen molar-refractivity contribution in [2.45, 2.75) is 64.3 Å². The minimum absolute atomic E-state index is 0.0922. The van der Waals surface area contributed by atoms with E-state index in [1.807, 2.05) is 6.92 Å². The van der Waals surface area contributed by atoms with Crippen LogP contribution in [0.2, 0.25) is 0 Å². The van der Waals surface area contributed by atoms with E-state index in [1.165, 1.54) is 51.7 Å². The Morgan fingerprint density at radius 1 is 1.28 bits per heavy atom. The average Bonchev–Trinajstić information content (AvgIpc) is 2.60. The molecule has 108 valence electrons. The number of nitrogens with zero attached hydrogens (tertiary/aromatic N) is 1. The Kier molecular flexibility index (Phi) is 7.20. The van der Waals surface area contributed by atoms with Gasteiger partial charge >= 0.3 is 0 Å². The predicted molar refractivity (Wildman–Crippen MR) is 77.6 cm³/mol. The van der Waals surface area contributed by atoms with Gasteiger partial charge in [0, 0.05) is 5.54 Å². The van der Waals surface area contributed by atoms with E-state index in [0.29, 0.717) is 0 Å². The molecule has 0 amide bonds. The van der Waals surface area contributed by atoms with E-state index in [1.54, 1.807) is 0 Å². The Morgan fingerprint density at radius 2 is 2.06 bits per heavy atom. The van der Waals surface area contributed by atoms with E-state index in [4.69, 9.17) is 10.8 Å². The number of hydrogen-bond acceptors (Lipinski definition) is 3. The largest absolute Gasteiger partial charge is 0.394 e. The van der Waals surface area contributed by atoms with Gasteiger partial charge in [0.1, 0.15) is 0 Å². The van der Waals surface area contributed by atoms with Gasteiger partial charge in [0.25, 0.3) is 0 Å². The zero-order valence-electron chi connectivity index (χ0n) is 12.3. The van der Waals surface area contributed by atoms with Crippen LogP contribution in [-0.2, 0) is 0 Å². The molecule has 2 atom stereocenters. The lowest BCUT2D eigenvalue weighted by Crippen LogP contribution is -2.40.